The summed E-state index contributed by atoms with van der Waals surface area (Å²) in [6.45, 7) is 21.0. The van der Waals surface area contributed by atoms with Crippen molar-refractivity contribution >= 4 is 72.1 Å². The number of benzene rings is 8. The molecule has 0 aliphatic carbocycles. The SMILES string of the molecule is [C-]#[N+]c1ccc(N(c2cccc(C)c2)c2cc(C(C)C)c3ccc4c(N(c5ccc(C#N)cc5)c5cccc(C)c5)cc(C(C)C)c5ccc2c3c54)cc1. The highest BCUT2D eigenvalue weighted by Crippen LogP contribution is 2.51. The summed E-state index contributed by atoms with van der Waals surface area (Å²) in [5, 5.41) is 17.1. The van der Waals surface area contributed by atoms with Crippen molar-refractivity contribution < 1.29 is 0 Å². The number of anilines is 6. The lowest BCUT2D eigenvalue weighted by Gasteiger charge is -2.31. The quantitative estimate of drug-likeness (QED) is 0.117. The third kappa shape index (κ3) is 5.87. The van der Waals surface area contributed by atoms with Gasteiger partial charge in [0.1, 0.15) is 0 Å². The van der Waals surface area contributed by atoms with E-state index >= 15 is 0 Å². The van der Waals surface area contributed by atoms with Crippen LogP contribution in [0.4, 0.5) is 39.8 Å². The first kappa shape index (κ1) is 34.5. The normalized spacial score (nSPS) is 11.4. The molecule has 0 fully saturated rings. The molecule has 0 amide bonds. The lowest BCUT2D eigenvalue weighted by molar-refractivity contribution is 0.875. The van der Waals surface area contributed by atoms with Gasteiger partial charge < -0.3 is 9.80 Å². The Morgan fingerprint density at radius 1 is 0.519 bits per heavy atom. The summed E-state index contributed by atoms with van der Waals surface area (Å²) in [6, 6.07) is 49.6. The van der Waals surface area contributed by atoms with Crippen LogP contribution in [0.5, 0.6) is 0 Å². The van der Waals surface area contributed by atoms with Gasteiger partial charge in [-0.3, -0.25) is 0 Å². The highest BCUT2D eigenvalue weighted by molar-refractivity contribution is 6.29. The van der Waals surface area contributed by atoms with Gasteiger partial charge >= 0.3 is 0 Å². The number of aryl methyl sites for hydroxylation is 2. The minimum Gasteiger partial charge on any atom is -0.310 e. The van der Waals surface area contributed by atoms with Crippen LogP contribution in [0.15, 0.2) is 133 Å². The average molecular weight is 699 g/mol. The molecule has 8 rings (SSSR count). The molecule has 8 aromatic carbocycles. The molecular formula is C50H42N4. The van der Waals surface area contributed by atoms with E-state index < -0.39 is 0 Å². The summed E-state index contributed by atoms with van der Waals surface area (Å²) >= 11 is 0. The zero-order valence-electron chi connectivity index (χ0n) is 31.6. The maximum Gasteiger partial charge on any atom is 0.187 e. The van der Waals surface area contributed by atoms with Gasteiger partial charge in [0.15, 0.2) is 5.69 Å². The van der Waals surface area contributed by atoms with E-state index in [0.717, 1.165) is 34.1 Å². The van der Waals surface area contributed by atoms with Crippen molar-refractivity contribution in [2.45, 2.75) is 53.4 Å². The van der Waals surface area contributed by atoms with E-state index in [1.54, 1.807) is 0 Å². The number of hydrogen-bond acceptors (Lipinski definition) is 3. The van der Waals surface area contributed by atoms with E-state index in [9.17, 15) is 5.26 Å². The second-order valence-corrected chi connectivity index (χ2v) is 15.0. The highest BCUT2D eigenvalue weighted by Gasteiger charge is 2.26. The minimum absolute atomic E-state index is 0.266. The molecule has 0 aliphatic rings. The Labute approximate surface area is 318 Å². The van der Waals surface area contributed by atoms with E-state index in [0.29, 0.717) is 11.3 Å². The Hall–Kier alpha value is -6.62. The largest absolute Gasteiger partial charge is 0.310 e. The molecule has 262 valence electrons. The summed E-state index contributed by atoms with van der Waals surface area (Å²) in [5.41, 5.74) is 12.6. The molecule has 0 saturated carbocycles. The van der Waals surface area contributed by atoms with E-state index in [-0.39, 0.29) is 11.8 Å². The standard InChI is InChI=1S/C50H42N4/c1-31(2)45-28-47(53(39-12-8-10-33(5)26-39)37-18-14-35(30-51)15-19-37)43-24-22-42-46(32(3)4)29-48(44-25-23-41(45)49(43)50(42)44)54(40-13-9-11-34(6)27-40)38-20-16-36(52-7)17-21-38/h8-29,31-32H,1-6H3. The Morgan fingerprint density at radius 2 is 0.944 bits per heavy atom. The first-order valence-electron chi connectivity index (χ1n) is 18.7. The van der Waals surface area contributed by atoms with Crippen molar-refractivity contribution in [3.8, 4) is 6.07 Å². The van der Waals surface area contributed by atoms with Gasteiger partial charge in [-0.15, -0.1) is 0 Å². The molecular weight excluding hydrogens is 657 g/mol. The van der Waals surface area contributed by atoms with Crippen molar-refractivity contribution in [2.24, 2.45) is 0 Å². The van der Waals surface area contributed by atoms with Crippen molar-refractivity contribution in [3.63, 3.8) is 0 Å². The smallest absolute Gasteiger partial charge is 0.187 e. The maximum atomic E-state index is 9.66. The summed E-state index contributed by atoms with van der Waals surface area (Å²) < 4.78 is 0. The molecule has 0 spiro atoms. The van der Waals surface area contributed by atoms with Crippen LogP contribution in [0.2, 0.25) is 0 Å². The summed E-state index contributed by atoms with van der Waals surface area (Å²) in [6.07, 6.45) is 0. The van der Waals surface area contributed by atoms with Gasteiger partial charge in [-0.05, 0) is 142 Å². The van der Waals surface area contributed by atoms with Gasteiger partial charge in [-0.1, -0.05) is 88.4 Å². The highest BCUT2D eigenvalue weighted by atomic mass is 15.1. The molecule has 0 N–H and O–H groups in total. The zero-order valence-corrected chi connectivity index (χ0v) is 31.6. The topological polar surface area (TPSA) is 34.6 Å². The van der Waals surface area contributed by atoms with Crippen LogP contribution in [0, 0.1) is 31.8 Å². The Morgan fingerprint density at radius 3 is 1.33 bits per heavy atom. The van der Waals surface area contributed by atoms with Gasteiger partial charge in [0.2, 0.25) is 0 Å². The minimum atomic E-state index is 0.266. The van der Waals surface area contributed by atoms with Crippen LogP contribution in [0.1, 0.15) is 67.3 Å². The van der Waals surface area contributed by atoms with Gasteiger partial charge in [0.05, 0.1) is 29.6 Å². The molecule has 0 heterocycles. The van der Waals surface area contributed by atoms with Crippen LogP contribution < -0.4 is 9.80 Å². The molecule has 0 bridgehead atoms. The molecule has 0 unspecified atom stereocenters. The lowest BCUT2D eigenvalue weighted by Crippen LogP contribution is -2.13. The second-order valence-electron chi connectivity index (χ2n) is 15.0. The molecule has 4 nitrogen and oxygen atoms in total. The number of nitrogens with zero attached hydrogens (tertiary/aromatic N) is 4. The van der Waals surface area contributed by atoms with E-state index in [1.807, 2.05) is 24.3 Å². The van der Waals surface area contributed by atoms with Crippen LogP contribution in [0.25, 0.3) is 37.2 Å². The van der Waals surface area contributed by atoms with E-state index in [4.69, 9.17) is 6.57 Å². The maximum absolute atomic E-state index is 9.66. The number of rotatable bonds is 8. The van der Waals surface area contributed by atoms with Crippen LogP contribution >= 0.6 is 0 Å². The number of nitriles is 1. The summed E-state index contributed by atoms with van der Waals surface area (Å²) in [4.78, 5) is 8.40. The second kappa shape index (κ2) is 13.7. The van der Waals surface area contributed by atoms with E-state index in [2.05, 4.69) is 171 Å². The Kier molecular flexibility index (Phi) is 8.77. The molecule has 0 saturated heterocycles. The molecule has 0 radical (unpaired) electrons. The predicted octanol–water partition coefficient (Wildman–Crippen LogP) is 14.8. The summed E-state index contributed by atoms with van der Waals surface area (Å²) in [7, 11) is 0. The van der Waals surface area contributed by atoms with Crippen molar-refractivity contribution in [3.05, 3.63) is 173 Å². The van der Waals surface area contributed by atoms with Gasteiger partial charge in [-0.25, -0.2) is 4.85 Å². The molecule has 4 heteroatoms. The number of hydrogen-bond donors (Lipinski definition) is 0. The fourth-order valence-corrected chi connectivity index (χ4v) is 8.08. The van der Waals surface area contributed by atoms with E-state index in [1.165, 1.54) is 54.6 Å². The summed E-state index contributed by atoms with van der Waals surface area (Å²) in [5.74, 6) is 0.533. The van der Waals surface area contributed by atoms with Crippen LogP contribution in [0.3, 0.4) is 0 Å². The van der Waals surface area contributed by atoms with Crippen molar-refractivity contribution in [2.75, 3.05) is 9.80 Å². The molecule has 0 aliphatic heterocycles. The molecule has 0 atom stereocenters. The Bertz CT molecular complexity index is 2570. The van der Waals surface area contributed by atoms with Gasteiger partial charge in [0.25, 0.3) is 0 Å². The van der Waals surface area contributed by atoms with Gasteiger partial charge in [0, 0.05) is 33.5 Å². The zero-order chi connectivity index (χ0) is 37.7. The lowest BCUT2D eigenvalue weighted by atomic mass is 9.84. The van der Waals surface area contributed by atoms with Crippen molar-refractivity contribution in [1.82, 2.24) is 0 Å². The molecule has 8 aromatic rings. The third-order valence-electron chi connectivity index (χ3n) is 10.7. The molecule has 54 heavy (non-hydrogen) atoms. The first-order chi connectivity index (χ1) is 26.2. The predicted molar refractivity (Wildman–Crippen MR) is 228 cm³/mol. The fraction of sp³-hybridized carbons (Fsp3) is 0.160. The monoisotopic (exact) mass is 698 g/mol. The Balaban J connectivity index is 1.51. The fourth-order valence-electron chi connectivity index (χ4n) is 8.08. The van der Waals surface area contributed by atoms with Gasteiger partial charge in [-0.2, -0.15) is 5.26 Å². The first-order valence-corrected chi connectivity index (χ1v) is 18.7. The van der Waals surface area contributed by atoms with Crippen molar-refractivity contribution in [1.29, 1.82) is 5.26 Å². The average Bonchev–Trinajstić information content (AvgIpc) is 3.18. The third-order valence-corrected chi connectivity index (χ3v) is 10.7. The van der Waals surface area contributed by atoms with Crippen LogP contribution in [-0.4, -0.2) is 0 Å². The molecule has 0 aromatic heterocycles. The van der Waals surface area contributed by atoms with Crippen LogP contribution in [-0.2, 0) is 0 Å².